The highest BCUT2D eigenvalue weighted by Crippen LogP contribution is 2.27. The molecular weight excluding hydrogens is 607 g/mol. The van der Waals surface area contributed by atoms with Crippen molar-refractivity contribution in [2.24, 2.45) is 0 Å². The van der Waals surface area contributed by atoms with Crippen molar-refractivity contribution in [2.75, 3.05) is 13.2 Å². The van der Waals surface area contributed by atoms with Crippen LogP contribution in [-0.2, 0) is 33.4 Å². The molecule has 2 aliphatic heterocycles. The zero-order valence-electron chi connectivity index (χ0n) is 24.4. The summed E-state index contributed by atoms with van der Waals surface area (Å²) in [5, 5.41) is 18.4. The molecule has 1 aromatic rings. The van der Waals surface area contributed by atoms with Gasteiger partial charge in [0.25, 0.3) is 5.91 Å². The normalized spacial score (nSPS) is 20.3. The Morgan fingerprint density at radius 1 is 1.12 bits per heavy atom. The van der Waals surface area contributed by atoms with Gasteiger partial charge in [0.15, 0.2) is 0 Å². The molecule has 4 atom stereocenters. The summed E-state index contributed by atoms with van der Waals surface area (Å²) in [6, 6.07) is 0.888. The number of fused-ring (bicyclic) bond motifs is 1. The Labute approximate surface area is 259 Å². The third kappa shape index (κ3) is 9.04. The second kappa shape index (κ2) is 14.4. The van der Waals surface area contributed by atoms with E-state index in [0.717, 1.165) is 5.01 Å². The van der Waals surface area contributed by atoms with Gasteiger partial charge < -0.3 is 25.2 Å². The fourth-order valence-electron chi connectivity index (χ4n) is 4.82. The number of hydrogen-bond acceptors (Lipinski definition) is 9. The number of hydrazine groups is 1. The summed E-state index contributed by atoms with van der Waals surface area (Å²) < 4.78 is 10.6. The minimum Gasteiger partial charge on any atom is -0.460 e. The average Bonchev–Trinajstić information content (AvgIpc) is 3.02. The molecule has 0 aromatic heterocycles. The Hall–Kier alpha value is -3.42. The van der Waals surface area contributed by atoms with E-state index < -0.39 is 72.5 Å². The van der Waals surface area contributed by atoms with Crippen molar-refractivity contribution in [3.63, 3.8) is 0 Å². The van der Waals surface area contributed by atoms with Gasteiger partial charge in [0, 0.05) is 19.9 Å². The average molecular weight is 644 g/mol. The van der Waals surface area contributed by atoms with Crippen LogP contribution in [0.25, 0.3) is 0 Å². The van der Waals surface area contributed by atoms with Crippen molar-refractivity contribution >= 4 is 58.8 Å². The number of benzene rings is 1. The summed E-state index contributed by atoms with van der Waals surface area (Å²) in [5.41, 5.74) is -0.989. The summed E-state index contributed by atoms with van der Waals surface area (Å²) >= 11 is 12.1. The van der Waals surface area contributed by atoms with Crippen LogP contribution in [0.15, 0.2) is 18.2 Å². The molecule has 236 valence electrons. The second-order valence-corrected chi connectivity index (χ2v) is 12.1. The highest BCUT2D eigenvalue weighted by atomic mass is 35.5. The van der Waals surface area contributed by atoms with Gasteiger partial charge in [-0.1, -0.05) is 29.3 Å². The first kappa shape index (κ1) is 34.1. The number of aliphatic hydroxyl groups is 1. The van der Waals surface area contributed by atoms with Crippen LogP contribution in [0.4, 0.5) is 0 Å². The SMILES string of the molecule is CC(=O)NC1CCC(=O)N2CCCC(C(=O)NC(CC(=O)OC(C)(C)C)C(O)COC(=O)c3c(Cl)cccc3Cl)N2C1=O. The highest BCUT2D eigenvalue weighted by molar-refractivity contribution is 6.39. The number of nitrogens with one attached hydrogen (secondary N) is 2. The van der Waals surface area contributed by atoms with Crippen molar-refractivity contribution in [3.8, 4) is 0 Å². The van der Waals surface area contributed by atoms with Crippen molar-refractivity contribution < 1.29 is 43.3 Å². The Morgan fingerprint density at radius 2 is 1.77 bits per heavy atom. The summed E-state index contributed by atoms with van der Waals surface area (Å²) in [4.78, 5) is 77.0. The van der Waals surface area contributed by atoms with Crippen molar-refractivity contribution in [3.05, 3.63) is 33.8 Å². The molecule has 4 amide bonds. The number of amides is 4. The standard InChI is InChI=1S/C28H36Cl2N4O9/c1-15(35)31-18-10-11-22(37)33-12-6-9-20(34(33)26(18)40)25(39)32-19(13-23(38)43-28(2,3)4)21(36)14-42-27(41)24-16(29)7-5-8-17(24)30/h5,7-8,18-21,36H,6,9-14H2,1-4H3,(H,31,35)(H,32,39). The molecule has 3 N–H and O–H groups in total. The number of carbonyl (C=O) groups excluding carboxylic acids is 6. The fraction of sp³-hybridized carbons (Fsp3) is 0.571. The molecule has 15 heteroatoms. The molecule has 0 bridgehead atoms. The van der Waals surface area contributed by atoms with Crippen LogP contribution in [0.1, 0.15) is 70.2 Å². The Morgan fingerprint density at radius 3 is 2.37 bits per heavy atom. The molecule has 2 heterocycles. The van der Waals surface area contributed by atoms with Gasteiger partial charge in [-0.25, -0.2) is 9.80 Å². The van der Waals surface area contributed by atoms with Crippen LogP contribution in [0.5, 0.6) is 0 Å². The topological polar surface area (TPSA) is 172 Å². The lowest BCUT2D eigenvalue weighted by atomic mass is 10.0. The van der Waals surface area contributed by atoms with Crippen molar-refractivity contribution in [2.45, 2.75) is 89.6 Å². The van der Waals surface area contributed by atoms with Crippen molar-refractivity contribution in [1.29, 1.82) is 0 Å². The first-order valence-electron chi connectivity index (χ1n) is 13.8. The van der Waals surface area contributed by atoms with Gasteiger partial charge in [0.2, 0.25) is 17.7 Å². The van der Waals surface area contributed by atoms with Crippen LogP contribution in [0.2, 0.25) is 10.0 Å². The van der Waals surface area contributed by atoms with Crippen molar-refractivity contribution in [1.82, 2.24) is 20.7 Å². The molecule has 13 nitrogen and oxygen atoms in total. The minimum absolute atomic E-state index is 0.0116. The lowest BCUT2D eigenvalue weighted by Crippen LogP contribution is -2.64. The highest BCUT2D eigenvalue weighted by Gasteiger charge is 2.45. The van der Waals surface area contributed by atoms with E-state index in [2.05, 4.69) is 10.6 Å². The largest absolute Gasteiger partial charge is 0.460 e. The van der Waals surface area contributed by atoms with E-state index in [1.165, 1.54) is 30.1 Å². The second-order valence-electron chi connectivity index (χ2n) is 11.3. The maximum Gasteiger partial charge on any atom is 0.341 e. The zero-order chi connectivity index (χ0) is 32.1. The van der Waals surface area contributed by atoms with Crippen LogP contribution in [-0.4, -0.2) is 93.7 Å². The number of nitrogens with zero attached hydrogens (tertiary/aromatic N) is 2. The van der Waals surface area contributed by atoms with Gasteiger partial charge in [-0.3, -0.25) is 29.0 Å². The lowest BCUT2D eigenvalue weighted by molar-refractivity contribution is -0.176. The maximum atomic E-state index is 13.6. The first-order valence-corrected chi connectivity index (χ1v) is 14.6. The third-order valence-corrected chi connectivity index (χ3v) is 7.32. The van der Waals surface area contributed by atoms with Gasteiger partial charge in [0.1, 0.15) is 30.4 Å². The Bertz CT molecular complexity index is 1250. The molecule has 2 saturated heterocycles. The predicted molar refractivity (Wildman–Crippen MR) is 154 cm³/mol. The van der Waals surface area contributed by atoms with Gasteiger partial charge in [0.05, 0.1) is 28.1 Å². The molecule has 0 saturated carbocycles. The monoisotopic (exact) mass is 642 g/mol. The number of esters is 2. The molecular formula is C28H36Cl2N4O9. The summed E-state index contributed by atoms with van der Waals surface area (Å²) in [7, 11) is 0. The molecule has 43 heavy (non-hydrogen) atoms. The Balaban J connectivity index is 1.82. The van der Waals surface area contributed by atoms with E-state index in [9.17, 15) is 33.9 Å². The van der Waals surface area contributed by atoms with E-state index in [0.29, 0.717) is 6.42 Å². The summed E-state index contributed by atoms with van der Waals surface area (Å²) in [6.45, 7) is 5.73. The number of aliphatic hydroxyl groups excluding tert-OH is 1. The molecule has 2 fully saturated rings. The van der Waals surface area contributed by atoms with E-state index >= 15 is 0 Å². The molecule has 4 unspecified atom stereocenters. The van der Waals surface area contributed by atoms with Gasteiger partial charge >= 0.3 is 11.9 Å². The first-order chi connectivity index (χ1) is 20.1. The van der Waals surface area contributed by atoms with Gasteiger partial charge in [-0.2, -0.15) is 0 Å². The number of carbonyl (C=O) groups is 6. The van der Waals surface area contributed by atoms with E-state index in [1.807, 2.05) is 0 Å². The minimum atomic E-state index is -1.60. The zero-order valence-corrected chi connectivity index (χ0v) is 25.9. The quantitative estimate of drug-likeness (QED) is 0.339. The number of rotatable bonds is 9. The van der Waals surface area contributed by atoms with Crippen LogP contribution < -0.4 is 10.6 Å². The number of ether oxygens (including phenoxy) is 2. The van der Waals surface area contributed by atoms with Crippen LogP contribution in [0, 0.1) is 0 Å². The lowest BCUT2D eigenvalue weighted by Gasteiger charge is -2.43. The van der Waals surface area contributed by atoms with E-state index in [1.54, 1.807) is 20.8 Å². The predicted octanol–water partition coefficient (Wildman–Crippen LogP) is 1.76. The van der Waals surface area contributed by atoms with Gasteiger partial charge in [-0.05, 0) is 52.2 Å². The third-order valence-electron chi connectivity index (χ3n) is 6.69. The molecule has 3 rings (SSSR count). The summed E-state index contributed by atoms with van der Waals surface area (Å²) in [6.07, 6.45) is -1.49. The van der Waals surface area contributed by atoms with Crippen LogP contribution >= 0.6 is 23.2 Å². The molecule has 2 aliphatic rings. The van der Waals surface area contributed by atoms with Gasteiger partial charge in [-0.15, -0.1) is 0 Å². The Kier molecular flexibility index (Phi) is 11.4. The summed E-state index contributed by atoms with van der Waals surface area (Å²) in [5.74, 6) is -3.93. The van der Waals surface area contributed by atoms with Crippen LogP contribution in [0.3, 0.4) is 0 Å². The maximum absolute atomic E-state index is 13.6. The smallest absolute Gasteiger partial charge is 0.341 e. The molecule has 0 spiro atoms. The molecule has 0 radical (unpaired) electrons. The van der Waals surface area contributed by atoms with E-state index in [-0.39, 0.29) is 47.3 Å². The molecule has 1 aromatic carbocycles. The number of hydrogen-bond donors (Lipinski definition) is 3. The molecule has 0 aliphatic carbocycles. The fourth-order valence-corrected chi connectivity index (χ4v) is 5.37. The number of halogens is 2. The van der Waals surface area contributed by atoms with E-state index in [4.69, 9.17) is 32.7 Å².